The summed E-state index contributed by atoms with van der Waals surface area (Å²) >= 11 is 0. The predicted molar refractivity (Wildman–Crippen MR) is 89.9 cm³/mol. The molecule has 3 heterocycles. The van der Waals surface area contributed by atoms with Gasteiger partial charge in [0.1, 0.15) is 11.5 Å². The Kier molecular flexibility index (Phi) is 3.72. The van der Waals surface area contributed by atoms with Crippen molar-refractivity contribution in [2.45, 2.75) is 44.6 Å². The van der Waals surface area contributed by atoms with Gasteiger partial charge in [0.2, 0.25) is 0 Å². The van der Waals surface area contributed by atoms with Crippen molar-refractivity contribution in [3.05, 3.63) is 40.6 Å². The summed E-state index contributed by atoms with van der Waals surface area (Å²) < 4.78 is 7.61. The van der Waals surface area contributed by atoms with Gasteiger partial charge in [0.25, 0.3) is 5.91 Å². The third-order valence-electron chi connectivity index (χ3n) is 5.35. The number of nitrogens with two attached hydrogens (primary N) is 1. The maximum absolute atomic E-state index is 13.0. The summed E-state index contributed by atoms with van der Waals surface area (Å²) in [6.07, 6.45) is 4.27. The van der Waals surface area contributed by atoms with Crippen LogP contribution in [0.3, 0.4) is 0 Å². The average Bonchev–Trinajstić information content (AvgIpc) is 3.25. The first kappa shape index (κ1) is 15.4. The summed E-state index contributed by atoms with van der Waals surface area (Å²) in [7, 11) is 1.94. The highest BCUT2D eigenvalue weighted by Crippen LogP contribution is 2.30. The third-order valence-corrected chi connectivity index (χ3v) is 5.35. The molecule has 0 spiro atoms. The number of carbonyl (C=O) groups is 1. The summed E-state index contributed by atoms with van der Waals surface area (Å²) in [5.41, 5.74) is 9.26. The highest BCUT2D eigenvalue weighted by molar-refractivity contribution is 5.94. The van der Waals surface area contributed by atoms with E-state index in [1.807, 2.05) is 35.7 Å². The van der Waals surface area contributed by atoms with Crippen molar-refractivity contribution in [1.82, 2.24) is 14.7 Å². The second-order valence-corrected chi connectivity index (χ2v) is 7.03. The fourth-order valence-electron chi connectivity index (χ4n) is 4.04. The highest BCUT2D eigenvalue weighted by Gasteiger charge is 2.38. The van der Waals surface area contributed by atoms with E-state index in [0.29, 0.717) is 18.8 Å². The van der Waals surface area contributed by atoms with Crippen molar-refractivity contribution >= 4 is 5.91 Å². The Morgan fingerprint density at radius 2 is 2.08 bits per heavy atom. The molecule has 6 heteroatoms. The lowest BCUT2D eigenvalue weighted by atomic mass is 9.95. The van der Waals surface area contributed by atoms with Gasteiger partial charge < -0.3 is 15.1 Å². The maximum atomic E-state index is 13.0. The van der Waals surface area contributed by atoms with Crippen molar-refractivity contribution in [2.24, 2.45) is 12.8 Å². The topological polar surface area (TPSA) is 77.3 Å². The zero-order chi connectivity index (χ0) is 16.8. The van der Waals surface area contributed by atoms with Gasteiger partial charge in [-0.3, -0.25) is 9.48 Å². The van der Waals surface area contributed by atoms with Crippen LogP contribution in [0.15, 0.2) is 16.5 Å². The average molecular weight is 328 g/mol. The summed E-state index contributed by atoms with van der Waals surface area (Å²) in [6, 6.07) is 3.82. The van der Waals surface area contributed by atoms with Crippen LogP contribution in [0.1, 0.15) is 52.0 Å². The van der Waals surface area contributed by atoms with E-state index in [1.54, 1.807) is 0 Å². The molecule has 24 heavy (non-hydrogen) atoms. The Hall–Kier alpha value is -2.08. The minimum Gasteiger partial charge on any atom is -0.466 e. The van der Waals surface area contributed by atoms with Gasteiger partial charge in [-0.25, -0.2) is 0 Å². The molecule has 2 aromatic rings. The Bertz CT molecular complexity index is 776. The van der Waals surface area contributed by atoms with Crippen LogP contribution in [-0.2, 0) is 19.9 Å². The van der Waals surface area contributed by atoms with E-state index in [9.17, 15) is 4.79 Å². The van der Waals surface area contributed by atoms with Gasteiger partial charge in [-0.2, -0.15) is 5.10 Å². The smallest absolute Gasteiger partial charge is 0.274 e. The van der Waals surface area contributed by atoms with Crippen molar-refractivity contribution in [3.8, 4) is 0 Å². The number of aryl methyl sites for hydroxylation is 2. The number of carbonyl (C=O) groups excluding carboxylic acids is 1. The second-order valence-electron chi connectivity index (χ2n) is 7.03. The van der Waals surface area contributed by atoms with Crippen molar-refractivity contribution in [1.29, 1.82) is 0 Å². The number of hydrogen-bond acceptors (Lipinski definition) is 4. The van der Waals surface area contributed by atoms with Gasteiger partial charge in [0.15, 0.2) is 5.69 Å². The standard InChI is InChI=1S/C18H24N4O2/c1-11-7-8-16(24-11)13-9-22(10-14(13)19)18(23)17-12-5-3-4-6-15(12)21(2)20-17/h7-8,13-14H,3-6,9-10,19H2,1-2H3. The lowest BCUT2D eigenvalue weighted by Crippen LogP contribution is -2.33. The van der Waals surface area contributed by atoms with Crippen LogP contribution >= 0.6 is 0 Å². The molecular weight excluding hydrogens is 304 g/mol. The largest absolute Gasteiger partial charge is 0.466 e. The molecule has 0 radical (unpaired) electrons. The van der Waals surface area contributed by atoms with Gasteiger partial charge in [0, 0.05) is 37.4 Å². The Labute approximate surface area is 141 Å². The number of rotatable bonds is 2. The molecule has 2 atom stereocenters. The van der Waals surface area contributed by atoms with E-state index in [-0.39, 0.29) is 17.9 Å². The summed E-state index contributed by atoms with van der Waals surface area (Å²) in [5.74, 6) is 1.82. The fraction of sp³-hybridized carbons (Fsp3) is 0.556. The minimum absolute atomic E-state index is 0.00924. The van der Waals surface area contributed by atoms with Gasteiger partial charge in [-0.1, -0.05) is 0 Å². The zero-order valence-electron chi connectivity index (χ0n) is 14.3. The third kappa shape index (κ3) is 2.45. The number of nitrogens with zero attached hydrogens (tertiary/aromatic N) is 3. The molecular formula is C18H24N4O2. The van der Waals surface area contributed by atoms with Crippen LogP contribution in [0.25, 0.3) is 0 Å². The lowest BCUT2D eigenvalue weighted by Gasteiger charge is -2.17. The molecule has 0 aromatic carbocycles. The SMILES string of the molecule is Cc1ccc(C2CN(C(=O)c3nn(C)c4c3CCCC4)CC2N)o1. The number of fused-ring (bicyclic) bond motifs is 1. The van der Waals surface area contributed by atoms with E-state index in [1.165, 1.54) is 12.1 Å². The molecule has 0 bridgehead atoms. The van der Waals surface area contributed by atoms with Gasteiger partial charge >= 0.3 is 0 Å². The summed E-state index contributed by atoms with van der Waals surface area (Å²) in [5, 5.41) is 4.52. The molecule has 2 N–H and O–H groups in total. The molecule has 2 aliphatic rings. The number of furan rings is 1. The monoisotopic (exact) mass is 328 g/mol. The molecule has 1 aliphatic heterocycles. The molecule has 1 saturated heterocycles. The normalized spacial score (nSPS) is 23.5. The van der Waals surface area contributed by atoms with Gasteiger partial charge in [-0.15, -0.1) is 0 Å². The van der Waals surface area contributed by atoms with E-state index in [0.717, 1.165) is 36.3 Å². The number of likely N-dealkylation sites (tertiary alicyclic amines) is 1. The number of amides is 1. The molecule has 2 unspecified atom stereocenters. The van der Waals surface area contributed by atoms with Crippen molar-refractivity contribution in [3.63, 3.8) is 0 Å². The number of aromatic nitrogens is 2. The lowest BCUT2D eigenvalue weighted by molar-refractivity contribution is 0.0781. The fourth-order valence-corrected chi connectivity index (χ4v) is 4.04. The van der Waals surface area contributed by atoms with Crippen molar-refractivity contribution in [2.75, 3.05) is 13.1 Å². The molecule has 128 valence electrons. The first-order valence-electron chi connectivity index (χ1n) is 8.70. The highest BCUT2D eigenvalue weighted by atomic mass is 16.3. The molecule has 1 fully saturated rings. The predicted octanol–water partition coefficient (Wildman–Crippen LogP) is 1.77. The summed E-state index contributed by atoms with van der Waals surface area (Å²) in [6.45, 7) is 3.07. The molecule has 2 aromatic heterocycles. The maximum Gasteiger partial charge on any atom is 0.274 e. The van der Waals surface area contributed by atoms with E-state index < -0.39 is 0 Å². The summed E-state index contributed by atoms with van der Waals surface area (Å²) in [4.78, 5) is 14.9. The molecule has 6 nitrogen and oxygen atoms in total. The first-order valence-corrected chi connectivity index (χ1v) is 8.70. The van der Waals surface area contributed by atoms with Crippen molar-refractivity contribution < 1.29 is 9.21 Å². The van der Waals surface area contributed by atoms with E-state index in [2.05, 4.69) is 5.10 Å². The Morgan fingerprint density at radius 1 is 1.29 bits per heavy atom. The zero-order valence-corrected chi connectivity index (χ0v) is 14.3. The Morgan fingerprint density at radius 3 is 2.83 bits per heavy atom. The van der Waals surface area contributed by atoms with Gasteiger partial charge in [-0.05, 0) is 44.7 Å². The van der Waals surface area contributed by atoms with Crippen LogP contribution in [0.2, 0.25) is 0 Å². The molecule has 4 rings (SSSR count). The van der Waals surface area contributed by atoms with Crippen LogP contribution in [0.5, 0.6) is 0 Å². The number of hydrogen-bond donors (Lipinski definition) is 1. The Balaban J connectivity index is 1.58. The van der Waals surface area contributed by atoms with Crippen LogP contribution in [0.4, 0.5) is 0 Å². The second kappa shape index (κ2) is 5.77. The molecule has 1 aliphatic carbocycles. The van der Waals surface area contributed by atoms with Crippen LogP contribution in [0, 0.1) is 6.92 Å². The minimum atomic E-state index is -0.0981. The molecule has 1 amide bonds. The van der Waals surface area contributed by atoms with Crippen LogP contribution in [-0.4, -0.2) is 39.7 Å². The van der Waals surface area contributed by atoms with E-state index in [4.69, 9.17) is 10.2 Å². The quantitative estimate of drug-likeness (QED) is 0.911. The molecule has 0 saturated carbocycles. The van der Waals surface area contributed by atoms with Crippen LogP contribution < -0.4 is 5.73 Å². The van der Waals surface area contributed by atoms with Gasteiger partial charge in [0.05, 0.1) is 5.92 Å². The first-order chi connectivity index (χ1) is 11.5. The van der Waals surface area contributed by atoms with E-state index >= 15 is 0 Å².